The molecule has 1 aliphatic rings. The highest BCUT2D eigenvalue weighted by Gasteiger charge is 2.22. The highest BCUT2D eigenvalue weighted by atomic mass is 35.5. The Hall–Kier alpha value is -0.380. The molecule has 0 bridgehead atoms. The van der Waals surface area contributed by atoms with Gasteiger partial charge in [-0.25, -0.2) is 0 Å². The van der Waals surface area contributed by atoms with E-state index < -0.39 is 0 Å². The maximum atomic E-state index is 12.1. The maximum absolute atomic E-state index is 12.1. The van der Waals surface area contributed by atoms with Gasteiger partial charge in [0, 0.05) is 10.9 Å². The van der Waals surface area contributed by atoms with Crippen molar-refractivity contribution in [2.75, 3.05) is 0 Å². The number of halogens is 2. The summed E-state index contributed by atoms with van der Waals surface area (Å²) in [6.07, 6.45) is 4.61. The minimum atomic E-state index is -0.196. The minimum Gasteiger partial charge on any atom is -0.352 e. The van der Waals surface area contributed by atoms with Crippen LogP contribution in [0.4, 0.5) is 0 Å². The molecule has 1 saturated carbocycles. The normalized spacial score (nSPS) is 17.4. The number of amides is 1. The quantitative estimate of drug-likeness (QED) is 0.826. The molecule has 1 aromatic carbocycles. The van der Waals surface area contributed by atoms with Gasteiger partial charge in [0.15, 0.2) is 0 Å². The molecule has 5 heteroatoms. The first-order chi connectivity index (χ1) is 9.08. The first-order valence-electron chi connectivity index (χ1n) is 6.49. The Kier molecular flexibility index (Phi) is 5.43. The van der Waals surface area contributed by atoms with Crippen LogP contribution in [0.5, 0.6) is 0 Å². The number of thioether (sulfide) groups is 1. The third-order valence-electron chi connectivity index (χ3n) is 3.28. The van der Waals surface area contributed by atoms with Crippen LogP contribution in [0.1, 0.15) is 32.6 Å². The van der Waals surface area contributed by atoms with Crippen LogP contribution in [0.15, 0.2) is 23.1 Å². The van der Waals surface area contributed by atoms with Crippen molar-refractivity contribution in [3.63, 3.8) is 0 Å². The lowest BCUT2D eigenvalue weighted by Crippen LogP contribution is -2.37. The monoisotopic (exact) mass is 317 g/mol. The first-order valence-corrected chi connectivity index (χ1v) is 8.12. The van der Waals surface area contributed by atoms with Gasteiger partial charge in [-0.05, 0) is 31.9 Å². The predicted octanol–water partition coefficient (Wildman–Crippen LogP) is 4.53. The lowest BCUT2D eigenvalue weighted by molar-refractivity contribution is -0.120. The second-order valence-electron chi connectivity index (χ2n) is 4.80. The smallest absolute Gasteiger partial charge is 0.233 e. The van der Waals surface area contributed by atoms with Gasteiger partial charge in [0.1, 0.15) is 0 Å². The van der Waals surface area contributed by atoms with Crippen molar-refractivity contribution in [3.05, 3.63) is 28.2 Å². The lowest BCUT2D eigenvalue weighted by atomic mass is 10.2. The molecule has 0 unspecified atom stereocenters. The van der Waals surface area contributed by atoms with E-state index in [-0.39, 0.29) is 11.2 Å². The zero-order chi connectivity index (χ0) is 13.8. The standard InChI is InChI=1S/C14H17Cl2NOS/c1-9(14(18)17-10-5-2-3-6-10)19-13-11(15)7-4-8-12(13)16/h4,7-10H,2-3,5-6H2,1H3,(H,17,18)/t9-/m1/s1. The average molecular weight is 318 g/mol. The summed E-state index contributed by atoms with van der Waals surface area (Å²) in [5.74, 6) is 0.0629. The number of hydrogen-bond acceptors (Lipinski definition) is 2. The van der Waals surface area contributed by atoms with Crippen LogP contribution in [0.3, 0.4) is 0 Å². The van der Waals surface area contributed by atoms with Crippen molar-refractivity contribution < 1.29 is 4.79 Å². The number of carbonyl (C=O) groups is 1. The van der Waals surface area contributed by atoms with Crippen LogP contribution < -0.4 is 5.32 Å². The Labute approximate surface area is 128 Å². The van der Waals surface area contributed by atoms with Gasteiger partial charge < -0.3 is 5.32 Å². The minimum absolute atomic E-state index is 0.0629. The predicted molar refractivity (Wildman–Crippen MR) is 82.2 cm³/mol. The second-order valence-corrected chi connectivity index (χ2v) is 6.97. The molecular formula is C14H17Cl2NOS. The SMILES string of the molecule is C[C@@H](Sc1c(Cl)cccc1Cl)C(=O)NC1CCCC1. The summed E-state index contributed by atoms with van der Waals surface area (Å²) in [7, 11) is 0. The Balaban J connectivity index is 1.96. The van der Waals surface area contributed by atoms with Gasteiger partial charge in [-0.2, -0.15) is 0 Å². The van der Waals surface area contributed by atoms with Crippen LogP contribution in [0.25, 0.3) is 0 Å². The number of carbonyl (C=O) groups excluding carboxylic acids is 1. The van der Waals surface area contributed by atoms with E-state index in [4.69, 9.17) is 23.2 Å². The van der Waals surface area contributed by atoms with Crippen molar-refractivity contribution in [3.8, 4) is 0 Å². The largest absolute Gasteiger partial charge is 0.352 e. The molecule has 104 valence electrons. The van der Waals surface area contributed by atoms with E-state index in [1.54, 1.807) is 18.2 Å². The number of nitrogens with one attached hydrogen (secondary N) is 1. The lowest BCUT2D eigenvalue weighted by Gasteiger charge is -2.17. The van der Waals surface area contributed by atoms with Crippen LogP contribution in [0, 0.1) is 0 Å². The van der Waals surface area contributed by atoms with Gasteiger partial charge in [0.2, 0.25) is 5.91 Å². The zero-order valence-electron chi connectivity index (χ0n) is 10.8. The van der Waals surface area contributed by atoms with E-state index in [2.05, 4.69) is 5.32 Å². The van der Waals surface area contributed by atoms with Crippen molar-refractivity contribution in [2.45, 2.75) is 48.8 Å². The van der Waals surface area contributed by atoms with Crippen molar-refractivity contribution in [1.29, 1.82) is 0 Å². The number of rotatable bonds is 4. The molecule has 2 nitrogen and oxygen atoms in total. The number of benzene rings is 1. The van der Waals surface area contributed by atoms with Crippen LogP contribution in [-0.2, 0) is 4.79 Å². The Morgan fingerprint density at radius 2 is 1.89 bits per heavy atom. The molecule has 1 atom stereocenters. The molecule has 0 spiro atoms. The highest BCUT2D eigenvalue weighted by Crippen LogP contribution is 2.36. The molecule has 0 aromatic heterocycles. The Morgan fingerprint density at radius 1 is 1.32 bits per heavy atom. The van der Waals surface area contributed by atoms with Gasteiger partial charge in [-0.1, -0.05) is 42.1 Å². The Morgan fingerprint density at radius 3 is 2.47 bits per heavy atom. The molecule has 0 radical (unpaired) electrons. The first kappa shape index (κ1) is 15.0. The van der Waals surface area contributed by atoms with E-state index in [1.165, 1.54) is 24.6 Å². The van der Waals surface area contributed by atoms with E-state index >= 15 is 0 Å². The summed E-state index contributed by atoms with van der Waals surface area (Å²) >= 11 is 13.6. The third kappa shape index (κ3) is 4.04. The molecule has 0 aliphatic heterocycles. The second kappa shape index (κ2) is 6.87. The molecule has 1 aromatic rings. The maximum Gasteiger partial charge on any atom is 0.233 e. The fourth-order valence-electron chi connectivity index (χ4n) is 2.21. The zero-order valence-corrected chi connectivity index (χ0v) is 13.1. The van der Waals surface area contributed by atoms with Crippen molar-refractivity contribution in [1.82, 2.24) is 5.32 Å². The van der Waals surface area contributed by atoms with E-state index in [0.29, 0.717) is 16.1 Å². The molecule has 1 aliphatic carbocycles. The van der Waals surface area contributed by atoms with Gasteiger partial charge in [0.25, 0.3) is 0 Å². The molecule has 0 heterocycles. The van der Waals surface area contributed by atoms with Crippen molar-refractivity contribution in [2.24, 2.45) is 0 Å². The van der Waals surface area contributed by atoms with Crippen LogP contribution in [-0.4, -0.2) is 17.2 Å². The molecule has 2 rings (SSSR count). The third-order valence-corrected chi connectivity index (χ3v) is 5.38. The fraction of sp³-hybridized carbons (Fsp3) is 0.500. The molecule has 1 N–H and O–H groups in total. The molecule has 1 fully saturated rings. The fourth-order valence-corrected chi connectivity index (χ4v) is 3.77. The molecular weight excluding hydrogens is 301 g/mol. The molecule has 0 saturated heterocycles. The van der Waals surface area contributed by atoms with Crippen LogP contribution >= 0.6 is 35.0 Å². The van der Waals surface area contributed by atoms with Crippen LogP contribution in [0.2, 0.25) is 10.0 Å². The average Bonchev–Trinajstić information content (AvgIpc) is 2.86. The van der Waals surface area contributed by atoms with E-state index in [1.807, 2.05) is 6.92 Å². The van der Waals surface area contributed by atoms with Crippen molar-refractivity contribution >= 4 is 40.9 Å². The van der Waals surface area contributed by atoms with Gasteiger partial charge >= 0.3 is 0 Å². The highest BCUT2D eigenvalue weighted by molar-refractivity contribution is 8.00. The summed E-state index contributed by atoms with van der Waals surface area (Å²) in [5.41, 5.74) is 0. The summed E-state index contributed by atoms with van der Waals surface area (Å²) in [6, 6.07) is 5.73. The molecule has 1 amide bonds. The topological polar surface area (TPSA) is 29.1 Å². The van der Waals surface area contributed by atoms with Gasteiger partial charge in [0.05, 0.1) is 15.3 Å². The number of hydrogen-bond donors (Lipinski definition) is 1. The summed E-state index contributed by atoms with van der Waals surface area (Å²) in [5, 5.41) is 4.09. The summed E-state index contributed by atoms with van der Waals surface area (Å²) in [6.45, 7) is 1.88. The van der Waals surface area contributed by atoms with E-state index in [9.17, 15) is 4.79 Å². The van der Waals surface area contributed by atoms with Gasteiger partial charge in [-0.3, -0.25) is 4.79 Å². The van der Waals surface area contributed by atoms with E-state index in [0.717, 1.165) is 17.7 Å². The van der Waals surface area contributed by atoms with Gasteiger partial charge in [-0.15, -0.1) is 11.8 Å². The Bertz CT molecular complexity index is 441. The summed E-state index contributed by atoms with van der Waals surface area (Å²) in [4.78, 5) is 12.9. The molecule has 19 heavy (non-hydrogen) atoms. The summed E-state index contributed by atoms with van der Waals surface area (Å²) < 4.78 is 0.